The highest BCUT2D eigenvalue weighted by atomic mass is 16.5. The number of esters is 1. The average Bonchev–Trinajstić information content (AvgIpc) is 3.18. The van der Waals surface area contributed by atoms with Gasteiger partial charge in [-0.2, -0.15) is 5.10 Å². The number of H-pyrrole nitrogens is 1. The number of carbonyl (C=O) groups excluding carboxylic acids is 2. The number of fused-ring (bicyclic) bond motifs is 5. The Hall–Kier alpha value is -3.69. The van der Waals surface area contributed by atoms with Crippen LogP contribution >= 0.6 is 0 Å². The number of nitrogens with one attached hydrogen (secondary N) is 1. The summed E-state index contributed by atoms with van der Waals surface area (Å²) in [6, 6.07) is 4.65. The number of amides is 1. The van der Waals surface area contributed by atoms with Crippen molar-refractivity contribution in [2.75, 3.05) is 20.2 Å². The molecule has 10 nitrogen and oxygen atoms in total. The maximum Gasteiger partial charge on any atom is 0.341 e. The molecule has 1 aromatic heterocycles. The molecule has 0 aliphatic carbocycles. The molecule has 3 atom stereocenters. The van der Waals surface area contributed by atoms with E-state index < -0.39 is 17.6 Å². The molecule has 0 saturated carbocycles. The first kappa shape index (κ1) is 20.2. The molecule has 1 amide bonds. The van der Waals surface area contributed by atoms with Crippen molar-refractivity contribution in [2.45, 2.75) is 31.8 Å². The number of methoxy groups -OCH3 is 1. The van der Waals surface area contributed by atoms with Crippen molar-refractivity contribution in [1.82, 2.24) is 24.2 Å². The number of carbonyl (C=O) groups is 2. The van der Waals surface area contributed by atoms with E-state index in [0.717, 1.165) is 12.1 Å². The summed E-state index contributed by atoms with van der Waals surface area (Å²) in [6.07, 6.45) is 3.98. The van der Waals surface area contributed by atoms with Crippen molar-refractivity contribution < 1.29 is 14.3 Å². The van der Waals surface area contributed by atoms with Gasteiger partial charge < -0.3 is 18.8 Å². The van der Waals surface area contributed by atoms with E-state index in [2.05, 4.69) is 10.2 Å². The maximum absolute atomic E-state index is 13.4. The minimum Gasteiger partial charge on any atom is -0.465 e. The number of rotatable bonds is 3. The highest BCUT2D eigenvalue weighted by molar-refractivity contribution is 5.96. The lowest BCUT2D eigenvalue weighted by molar-refractivity contribution is -0.137. The van der Waals surface area contributed by atoms with Gasteiger partial charge in [-0.25, -0.2) is 9.89 Å². The van der Waals surface area contributed by atoms with E-state index in [1.54, 1.807) is 23.6 Å². The Balaban J connectivity index is 1.46. The number of hydrogen-bond donors (Lipinski definition) is 1. The maximum atomic E-state index is 13.4. The quantitative estimate of drug-likeness (QED) is 0.606. The smallest absolute Gasteiger partial charge is 0.341 e. The Morgan fingerprint density at radius 1 is 1.19 bits per heavy atom. The van der Waals surface area contributed by atoms with Gasteiger partial charge in [-0.15, -0.1) is 0 Å². The molecule has 4 aliphatic rings. The zero-order chi connectivity index (χ0) is 22.6. The molecule has 1 fully saturated rings. The number of ether oxygens (including phenoxy) is 1. The molecule has 0 unspecified atom stereocenters. The summed E-state index contributed by atoms with van der Waals surface area (Å²) in [5.74, 6) is -0.432. The standard InChI is InChI=1S/C22H23N5O5/c1-12(25-10-15-19(23-24-20(15)29)16(11-25)22(31)32-2)21(30)26-7-13-6-14(9-26)17-4-3-5-18(28)27(17)8-13/h3-5,10-14H,6-9H2,1-2H3,(H,24,29)/t12-,13-,14+/m1/s1. The number of hydrogen-bond acceptors (Lipinski definition) is 6. The van der Waals surface area contributed by atoms with Crippen LogP contribution in [0.1, 0.15) is 41.4 Å². The van der Waals surface area contributed by atoms with Gasteiger partial charge in [0.1, 0.15) is 17.3 Å². The second-order valence-electron chi connectivity index (χ2n) is 8.54. The zero-order valence-corrected chi connectivity index (χ0v) is 17.8. The molecule has 5 heterocycles. The van der Waals surface area contributed by atoms with Crippen LogP contribution in [-0.4, -0.2) is 56.3 Å². The summed E-state index contributed by atoms with van der Waals surface area (Å²) in [5.41, 5.74) is 1.08. The Kier molecular flexibility index (Phi) is 4.72. The SMILES string of the molecule is COC(=O)c1cn([C@H](C)C(=O)N2C[C@H]3C[C@@H](C2)c2cccc(=O)n2C3)cc2c(=O)[nH]nc1-2. The van der Waals surface area contributed by atoms with Gasteiger partial charge in [0.05, 0.1) is 12.7 Å². The molecule has 0 spiro atoms. The van der Waals surface area contributed by atoms with E-state index in [1.165, 1.54) is 19.5 Å². The highest BCUT2D eigenvalue weighted by Gasteiger charge is 2.37. The minimum absolute atomic E-state index is 0.00179. The topological polar surface area (TPSA) is 119 Å². The van der Waals surface area contributed by atoms with Crippen LogP contribution in [0.4, 0.5) is 0 Å². The summed E-state index contributed by atoms with van der Waals surface area (Å²) in [4.78, 5) is 51.9. The largest absolute Gasteiger partial charge is 0.465 e. The second-order valence-corrected chi connectivity index (χ2v) is 8.54. The molecular weight excluding hydrogens is 414 g/mol. The van der Waals surface area contributed by atoms with E-state index in [0.29, 0.717) is 19.6 Å². The van der Waals surface area contributed by atoms with Crippen LogP contribution in [0.2, 0.25) is 0 Å². The van der Waals surface area contributed by atoms with Gasteiger partial charge in [0.15, 0.2) is 0 Å². The Morgan fingerprint density at radius 2 is 2.00 bits per heavy atom. The van der Waals surface area contributed by atoms with Crippen LogP contribution < -0.4 is 11.1 Å². The Bertz CT molecular complexity index is 1300. The molecule has 4 aliphatic heterocycles. The van der Waals surface area contributed by atoms with Crippen molar-refractivity contribution in [3.63, 3.8) is 0 Å². The predicted octanol–water partition coefficient (Wildman–Crippen LogP) is 0.831. The molecule has 0 aromatic carbocycles. The Labute approximate surface area is 182 Å². The van der Waals surface area contributed by atoms with Crippen molar-refractivity contribution >= 4 is 11.9 Å². The fourth-order valence-electron chi connectivity index (χ4n) is 5.01. The first-order valence-corrected chi connectivity index (χ1v) is 10.5. The Morgan fingerprint density at radius 3 is 2.78 bits per heavy atom. The van der Waals surface area contributed by atoms with Crippen LogP contribution in [0.5, 0.6) is 0 Å². The van der Waals surface area contributed by atoms with Crippen molar-refractivity contribution in [3.8, 4) is 11.3 Å². The van der Waals surface area contributed by atoms with Gasteiger partial charge in [0.2, 0.25) is 5.91 Å². The summed E-state index contributed by atoms with van der Waals surface area (Å²) in [5, 5.41) is 6.26. The fourth-order valence-corrected chi connectivity index (χ4v) is 5.01. The molecule has 32 heavy (non-hydrogen) atoms. The lowest BCUT2D eigenvalue weighted by Crippen LogP contribution is -2.50. The van der Waals surface area contributed by atoms with E-state index in [4.69, 9.17) is 4.74 Å². The highest BCUT2D eigenvalue weighted by Crippen LogP contribution is 2.36. The number of aromatic amines is 1. The van der Waals surface area contributed by atoms with Gasteiger partial charge in [-0.3, -0.25) is 14.4 Å². The summed E-state index contributed by atoms with van der Waals surface area (Å²) in [7, 11) is 1.25. The second kappa shape index (κ2) is 7.47. The van der Waals surface area contributed by atoms with Gasteiger partial charge in [-0.05, 0) is 25.3 Å². The van der Waals surface area contributed by atoms with Crippen LogP contribution in [0.25, 0.3) is 11.3 Å². The summed E-state index contributed by atoms with van der Waals surface area (Å²) >= 11 is 0. The van der Waals surface area contributed by atoms with Crippen molar-refractivity contribution in [1.29, 1.82) is 0 Å². The number of pyridine rings is 2. The molecule has 2 bridgehead atoms. The molecule has 10 heteroatoms. The number of aromatic nitrogens is 4. The van der Waals surface area contributed by atoms with Crippen LogP contribution in [-0.2, 0) is 16.1 Å². The first-order chi connectivity index (χ1) is 15.4. The van der Waals surface area contributed by atoms with Crippen LogP contribution in [0.3, 0.4) is 0 Å². The monoisotopic (exact) mass is 437 g/mol. The van der Waals surface area contributed by atoms with Crippen LogP contribution in [0.15, 0.2) is 40.2 Å². The van der Waals surface area contributed by atoms with Gasteiger partial charge in [0.25, 0.3) is 11.1 Å². The predicted molar refractivity (Wildman–Crippen MR) is 114 cm³/mol. The van der Waals surface area contributed by atoms with E-state index >= 15 is 0 Å². The molecule has 166 valence electrons. The van der Waals surface area contributed by atoms with Gasteiger partial charge in [-0.1, -0.05) is 6.07 Å². The average molecular weight is 437 g/mol. The molecule has 1 aromatic rings. The molecule has 1 N–H and O–H groups in total. The number of nitrogens with zero attached hydrogens (tertiary/aromatic N) is 4. The third kappa shape index (κ3) is 3.14. The molecule has 0 radical (unpaired) electrons. The van der Waals surface area contributed by atoms with Crippen molar-refractivity contribution in [3.05, 3.63) is 62.6 Å². The zero-order valence-electron chi connectivity index (χ0n) is 17.8. The molecule has 1 saturated heterocycles. The normalized spacial score (nSPS) is 20.6. The number of likely N-dealkylation sites (tertiary alicyclic amines) is 1. The summed E-state index contributed by atoms with van der Waals surface area (Å²) < 4.78 is 8.22. The lowest BCUT2D eigenvalue weighted by Gasteiger charge is -2.43. The fraction of sp³-hybridized carbons (Fsp3) is 0.409. The van der Waals surface area contributed by atoms with Crippen LogP contribution in [0, 0.1) is 5.92 Å². The first-order valence-electron chi connectivity index (χ1n) is 10.5. The van der Waals surface area contributed by atoms with E-state index in [9.17, 15) is 19.2 Å². The van der Waals surface area contributed by atoms with E-state index in [1.807, 2.05) is 15.5 Å². The van der Waals surface area contributed by atoms with Gasteiger partial charge >= 0.3 is 5.97 Å². The third-order valence-electron chi connectivity index (χ3n) is 6.58. The van der Waals surface area contributed by atoms with E-state index in [-0.39, 0.29) is 40.1 Å². The van der Waals surface area contributed by atoms with Gasteiger partial charge in [0, 0.05) is 49.7 Å². The molecular formula is C22H23N5O5. The summed E-state index contributed by atoms with van der Waals surface area (Å²) in [6.45, 7) is 3.42. The third-order valence-corrected chi connectivity index (χ3v) is 6.58. The molecule has 5 rings (SSSR count). The minimum atomic E-state index is -0.645. The lowest BCUT2D eigenvalue weighted by atomic mass is 9.83. The van der Waals surface area contributed by atoms with Crippen molar-refractivity contribution in [2.24, 2.45) is 5.92 Å². The number of piperidine rings is 1.